The minimum Gasteiger partial charge on any atom is -0.460 e. The van der Waals surface area contributed by atoms with E-state index >= 15 is 0 Å². The van der Waals surface area contributed by atoms with Crippen molar-refractivity contribution in [1.82, 2.24) is 15.6 Å². The summed E-state index contributed by atoms with van der Waals surface area (Å²) < 4.78 is 6.34. The van der Waals surface area contributed by atoms with Crippen molar-refractivity contribution in [1.29, 1.82) is 0 Å². The van der Waals surface area contributed by atoms with E-state index in [1.807, 2.05) is 6.07 Å². The molecule has 25 heavy (non-hydrogen) atoms. The normalized spacial score (nSPS) is 25.0. The SMILES string of the molecule is O=C(NCC1CC2(CCNCC2)C(=O)O1)c1cc(Br)cnc1C1CC1. The number of pyridine rings is 1. The fourth-order valence-corrected chi connectivity index (χ4v) is 4.21. The summed E-state index contributed by atoms with van der Waals surface area (Å²) in [6.45, 7) is 2.06. The quantitative estimate of drug-likeness (QED) is 0.747. The van der Waals surface area contributed by atoms with Gasteiger partial charge in [0, 0.05) is 23.0 Å². The van der Waals surface area contributed by atoms with Gasteiger partial charge in [-0.2, -0.15) is 0 Å². The van der Waals surface area contributed by atoms with E-state index in [9.17, 15) is 9.59 Å². The van der Waals surface area contributed by atoms with Crippen LogP contribution in [0, 0.1) is 5.41 Å². The summed E-state index contributed by atoms with van der Waals surface area (Å²) in [4.78, 5) is 29.3. The number of hydrogen-bond donors (Lipinski definition) is 2. The van der Waals surface area contributed by atoms with Crippen molar-refractivity contribution < 1.29 is 14.3 Å². The van der Waals surface area contributed by atoms with Gasteiger partial charge in [0.2, 0.25) is 0 Å². The maximum atomic E-state index is 12.6. The summed E-state index contributed by atoms with van der Waals surface area (Å²) >= 11 is 3.39. The lowest BCUT2D eigenvalue weighted by Gasteiger charge is -2.29. The Kier molecular flexibility index (Phi) is 4.54. The molecular weight excluding hydrogens is 386 g/mol. The van der Waals surface area contributed by atoms with Crippen LogP contribution in [0.4, 0.5) is 0 Å². The molecule has 1 atom stereocenters. The van der Waals surface area contributed by atoms with Crippen LogP contribution in [0.2, 0.25) is 0 Å². The van der Waals surface area contributed by atoms with Crippen LogP contribution in [0.3, 0.4) is 0 Å². The van der Waals surface area contributed by atoms with Crippen molar-refractivity contribution in [2.45, 2.75) is 44.1 Å². The molecule has 1 saturated carbocycles. The second-order valence-electron chi connectivity index (χ2n) is 7.33. The molecule has 0 bridgehead atoms. The van der Waals surface area contributed by atoms with Crippen molar-refractivity contribution in [3.05, 3.63) is 28.0 Å². The Balaban J connectivity index is 1.40. The highest BCUT2D eigenvalue weighted by molar-refractivity contribution is 9.10. The summed E-state index contributed by atoms with van der Waals surface area (Å²) in [6.07, 6.45) is 6.01. The first kappa shape index (κ1) is 17.0. The molecule has 2 N–H and O–H groups in total. The highest BCUT2D eigenvalue weighted by Crippen LogP contribution is 2.42. The summed E-state index contributed by atoms with van der Waals surface area (Å²) in [7, 11) is 0. The minimum atomic E-state index is -0.350. The molecule has 1 amide bonds. The first-order chi connectivity index (χ1) is 12.1. The third-order valence-electron chi connectivity index (χ3n) is 5.47. The van der Waals surface area contributed by atoms with Crippen LogP contribution in [-0.4, -0.2) is 42.6 Å². The average molecular weight is 408 g/mol. The second kappa shape index (κ2) is 6.68. The van der Waals surface area contributed by atoms with Crippen LogP contribution >= 0.6 is 15.9 Å². The Bertz CT molecular complexity index is 699. The molecule has 1 aromatic rings. The van der Waals surface area contributed by atoms with Gasteiger partial charge in [-0.3, -0.25) is 14.6 Å². The standard InChI is InChI=1S/C18H22BrN3O3/c19-12-7-14(15(21-9-12)11-1-2-11)16(23)22-10-13-8-18(17(24)25-13)3-5-20-6-4-18/h7,9,11,13,20H,1-6,8,10H2,(H,22,23). The first-order valence-corrected chi connectivity index (χ1v) is 9.72. The van der Waals surface area contributed by atoms with Gasteiger partial charge < -0.3 is 15.4 Å². The number of halogens is 1. The van der Waals surface area contributed by atoms with E-state index < -0.39 is 0 Å². The van der Waals surface area contributed by atoms with Gasteiger partial charge in [-0.15, -0.1) is 0 Å². The molecule has 2 saturated heterocycles. The lowest BCUT2D eigenvalue weighted by molar-refractivity contribution is -0.149. The third-order valence-corrected chi connectivity index (χ3v) is 5.90. The number of rotatable bonds is 4. The summed E-state index contributed by atoms with van der Waals surface area (Å²) in [5, 5.41) is 6.22. The zero-order valence-corrected chi connectivity index (χ0v) is 15.6. The Morgan fingerprint density at radius 1 is 1.40 bits per heavy atom. The van der Waals surface area contributed by atoms with E-state index in [4.69, 9.17) is 4.74 Å². The fourth-order valence-electron chi connectivity index (χ4n) is 3.88. The number of amides is 1. The molecule has 1 aliphatic carbocycles. The van der Waals surface area contributed by atoms with E-state index in [2.05, 4.69) is 31.5 Å². The first-order valence-electron chi connectivity index (χ1n) is 8.93. The lowest BCUT2D eigenvalue weighted by Crippen LogP contribution is -2.39. The topological polar surface area (TPSA) is 80.3 Å². The van der Waals surface area contributed by atoms with Gasteiger partial charge in [0.1, 0.15) is 6.10 Å². The number of nitrogens with zero attached hydrogens (tertiary/aromatic N) is 1. The zero-order valence-electron chi connectivity index (χ0n) is 14.0. The second-order valence-corrected chi connectivity index (χ2v) is 8.25. The predicted molar refractivity (Wildman–Crippen MR) is 95.3 cm³/mol. The molecule has 3 aliphatic rings. The third kappa shape index (κ3) is 3.44. The molecule has 0 aromatic carbocycles. The molecule has 4 rings (SSSR count). The fraction of sp³-hybridized carbons (Fsp3) is 0.611. The molecule has 7 heteroatoms. The molecule has 3 heterocycles. The molecule has 134 valence electrons. The number of hydrogen-bond acceptors (Lipinski definition) is 5. The Labute approximate surface area is 155 Å². The van der Waals surface area contributed by atoms with E-state index in [0.29, 0.717) is 24.4 Å². The van der Waals surface area contributed by atoms with Gasteiger partial charge in [-0.05, 0) is 60.8 Å². The molecular formula is C18H22BrN3O3. The lowest BCUT2D eigenvalue weighted by atomic mass is 9.76. The Hall–Kier alpha value is -1.47. The van der Waals surface area contributed by atoms with Gasteiger partial charge >= 0.3 is 5.97 Å². The van der Waals surface area contributed by atoms with Gasteiger partial charge in [0.05, 0.1) is 23.2 Å². The monoisotopic (exact) mass is 407 g/mol. The highest BCUT2D eigenvalue weighted by atomic mass is 79.9. The van der Waals surface area contributed by atoms with E-state index in [-0.39, 0.29) is 23.4 Å². The minimum absolute atomic E-state index is 0.101. The average Bonchev–Trinajstić information content (AvgIpc) is 3.40. The summed E-state index contributed by atoms with van der Waals surface area (Å²) in [5.74, 6) is 0.158. The van der Waals surface area contributed by atoms with Crippen LogP contribution in [0.25, 0.3) is 0 Å². The van der Waals surface area contributed by atoms with Crippen LogP contribution in [0.5, 0.6) is 0 Å². The van der Waals surface area contributed by atoms with Gasteiger partial charge in [-0.25, -0.2) is 0 Å². The molecule has 1 unspecified atom stereocenters. The van der Waals surface area contributed by atoms with Crippen molar-refractivity contribution in [3.8, 4) is 0 Å². The van der Waals surface area contributed by atoms with Crippen molar-refractivity contribution >= 4 is 27.8 Å². The van der Waals surface area contributed by atoms with E-state index in [1.54, 1.807) is 6.20 Å². The van der Waals surface area contributed by atoms with E-state index in [1.165, 1.54) is 0 Å². The number of esters is 1. The molecule has 1 spiro atoms. The van der Waals surface area contributed by atoms with E-state index in [0.717, 1.165) is 48.9 Å². The zero-order chi connectivity index (χ0) is 17.4. The maximum absolute atomic E-state index is 12.6. The predicted octanol–water partition coefficient (Wildman–Crippen LogP) is 2.14. The van der Waals surface area contributed by atoms with Crippen molar-refractivity contribution in [2.24, 2.45) is 5.41 Å². The van der Waals surface area contributed by atoms with Crippen LogP contribution in [-0.2, 0) is 9.53 Å². The van der Waals surface area contributed by atoms with Crippen molar-refractivity contribution in [3.63, 3.8) is 0 Å². The van der Waals surface area contributed by atoms with Gasteiger partial charge in [0.15, 0.2) is 0 Å². The van der Waals surface area contributed by atoms with Gasteiger partial charge in [0.25, 0.3) is 5.91 Å². The number of carbonyl (C=O) groups excluding carboxylic acids is 2. The summed E-state index contributed by atoms with van der Waals surface area (Å²) in [5.41, 5.74) is 1.15. The van der Waals surface area contributed by atoms with Crippen LogP contribution in [0.1, 0.15) is 54.1 Å². The summed E-state index contributed by atoms with van der Waals surface area (Å²) in [6, 6.07) is 1.82. The number of ether oxygens (including phenoxy) is 1. The van der Waals surface area contributed by atoms with Crippen LogP contribution in [0.15, 0.2) is 16.7 Å². The molecule has 0 radical (unpaired) electrons. The number of aromatic nitrogens is 1. The highest BCUT2D eigenvalue weighted by Gasteiger charge is 2.49. The van der Waals surface area contributed by atoms with Gasteiger partial charge in [-0.1, -0.05) is 0 Å². The number of nitrogens with one attached hydrogen (secondary N) is 2. The number of piperidine rings is 1. The maximum Gasteiger partial charge on any atom is 0.312 e. The molecule has 2 aliphatic heterocycles. The molecule has 1 aromatic heterocycles. The van der Waals surface area contributed by atoms with Crippen LogP contribution < -0.4 is 10.6 Å². The number of carbonyl (C=O) groups is 2. The van der Waals surface area contributed by atoms with Crippen molar-refractivity contribution in [2.75, 3.05) is 19.6 Å². The molecule has 6 nitrogen and oxygen atoms in total. The molecule has 3 fully saturated rings. The Morgan fingerprint density at radius 3 is 2.88 bits per heavy atom. The largest absolute Gasteiger partial charge is 0.460 e. The number of cyclic esters (lactones) is 1. The smallest absolute Gasteiger partial charge is 0.312 e. The Morgan fingerprint density at radius 2 is 2.16 bits per heavy atom.